The maximum absolute atomic E-state index is 12.8. The van der Waals surface area contributed by atoms with Gasteiger partial charge in [0.1, 0.15) is 5.54 Å². The molecule has 0 spiro atoms. The van der Waals surface area contributed by atoms with Crippen LogP contribution in [-0.2, 0) is 9.59 Å². The summed E-state index contributed by atoms with van der Waals surface area (Å²) in [6.07, 6.45) is 0. The quantitative estimate of drug-likeness (QED) is 0.896. The molecule has 0 fully saturated rings. The van der Waals surface area contributed by atoms with Crippen LogP contribution in [0, 0.1) is 0 Å². The molecule has 0 atom stereocenters. The first-order valence-corrected chi connectivity index (χ1v) is 8.01. The molecule has 1 aliphatic heterocycles. The van der Waals surface area contributed by atoms with E-state index in [4.69, 9.17) is 11.6 Å². The Morgan fingerprint density at radius 2 is 1.83 bits per heavy atom. The number of hydrogen-bond acceptors (Lipinski definition) is 3. The summed E-state index contributed by atoms with van der Waals surface area (Å²) in [5, 5.41) is 6.43. The number of benzene rings is 2. The number of hydrogen-bond donors (Lipinski definition) is 2. The zero-order chi connectivity index (χ0) is 17.3. The Morgan fingerprint density at radius 3 is 2.58 bits per heavy atom. The van der Waals surface area contributed by atoms with Gasteiger partial charge < -0.3 is 10.6 Å². The number of carbonyl (C=O) groups is 2. The number of nitrogens with one attached hydrogen (secondary N) is 2. The summed E-state index contributed by atoms with van der Waals surface area (Å²) in [6.45, 7) is 3.49. The Bertz CT molecular complexity index is 804. The predicted octanol–water partition coefficient (Wildman–Crippen LogP) is 3.52. The topological polar surface area (TPSA) is 61.4 Å². The summed E-state index contributed by atoms with van der Waals surface area (Å²) in [5.41, 5.74) is 1.02. The SMILES string of the molecule is CC1(C)C(=O)Nc2ccccc2N1C(=O)CNc1ccccc1Cl. The predicted molar refractivity (Wildman–Crippen MR) is 96.6 cm³/mol. The molecule has 2 aromatic carbocycles. The van der Waals surface area contributed by atoms with E-state index >= 15 is 0 Å². The third-order valence-electron chi connectivity index (χ3n) is 4.06. The highest BCUT2D eigenvalue weighted by atomic mass is 35.5. The van der Waals surface area contributed by atoms with Gasteiger partial charge >= 0.3 is 0 Å². The third kappa shape index (κ3) is 2.83. The third-order valence-corrected chi connectivity index (χ3v) is 4.39. The first-order valence-electron chi connectivity index (χ1n) is 7.63. The highest BCUT2D eigenvalue weighted by molar-refractivity contribution is 6.33. The van der Waals surface area contributed by atoms with Gasteiger partial charge in [0.25, 0.3) is 0 Å². The van der Waals surface area contributed by atoms with E-state index in [1.54, 1.807) is 32.0 Å². The fraction of sp³-hybridized carbons (Fsp3) is 0.222. The molecule has 3 rings (SSSR count). The van der Waals surface area contributed by atoms with Crippen molar-refractivity contribution < 1.29 is 9.59 Å². The van der Waals surface area contributed by atoms with Crippen LogP contribution < -0.4 is 15.5 Å². The zero-order valence-corrected chi connectivity index (χ0v) is 14.2. The highest BCUT2D eigenvalue weighted by Crippen LogP contribution is 2.36. The van der Waals surface area contributed by atoms with Gasteiger partial charge in [0.15, 0.2) is 0 Å². The minimum Gasteiger partial charge on any atom is -0.375 e. The molecular formula is C18H18ClN3O2. The van der Waals surface area contributed by atoms with Gasteiger partial charge in [-0.3, -0.25) is 14.5 Å². The van der Waals surface area contributed by atoms with Gasteiger partial charge in [-0.05, 0) is 38.1 Å². The van der Waals surface area contributed by atoms with E-state index < -0.39 is 5.54 Å². The summed E-state index contributed by atoms with van der Waals surface area (Å²) < 4.78 is 0. The van der Waals surface area contributed by atoms with Crippen LogP contribution in [0.5, 0.6) is 0 Å². The van der Waals surface area contributed by atoms with Crippen molar-refractivity contribution in [3.8, 4) is 0 Å². The van der Waals surface area contributed by atoms with Gasteiger partial charge in [-0.2, -0.15) is 0 Å². The minimum absolute atomic E-state index is 0.0365. The van der Waals surface area contributed by atoms with E-state index in [0.29, 0.717) is 22.1 Å². The molecule has 5 nitrogen and oxygen atoms in total. The van der Waals surface area contributed by atoms with Crippen molar-refractivity contribution in [3.63, 3.8) is 0 Å². The van der Waals surface area contributed by atoms with Gasteiger partial charge in [0, 0.05) is 0 Å². The van der Waals surface area contributed by atoms with E-state index in [-0.39, 0.29) is 18.4 Å². The number of fused-ring (bicyclic) bond motifs is 1. The molecule has 2 N–H and O–H groups in total. The number of anilines is 3. The van der Waals surface area contributed by atoms with Crippen LogP contribution in [-0.4, -0.2) is 23.9 Å². The summed E-state index contributed by atoms with van der Waals surface area (Å²) in [6, 6.07) is 14.5. The summed E-state index contributed by atoms with van der Waals surface area (Å²) in [5.74, 6) is -0.422. The van der Waals surface area contributed by atoms with Crippen LogP contribution >= 0.6 is 11.6 Å². The van der Waals surface area contributed by atoms with Crippen LogP contribution in [0.4, 0.5) is 17.1 Å². The molecule has 2 aromatic rings. The fourth-order valence-electron chi connectivity index (χ4n) is 2.75. The van der Waals surface area contributed by atoms with E-state index in [1.807, 2.05) is 30.3 Å². The number of carbonyl (C=O) groups excluding carboxylic acids is 2. The molecule has 0 bridgehead atoms. The largest absolute Gasteiger partial charge is 0.375 e. The molecule has 0 saturated heterocycles. The minimum atomic E-state index is -0.979. The Hall–Kier alpha value is -2.53. The van der Waals surface area contributed by atoms with E-state index in [1.165, 1.54) is 4.90 Å². The average molecular weight is 344 g/mol. The van der Waals surface area contributed by atoms with Crippen molar-refractivity contribution in [2.75, 3.05) is 22.1 Å². The normalized spacial score (nSPS) is 15.5. The lowest BCUT2D eigenvalue weighted by Crippen LogP contribution is -2.59. The second-order valence-electron chi connectivity index (χ2n) is 6.09. The lowest BCUT2D eigenvalue weighted by atomic mass is 9.96. The van der Waals surface area contributed by atoms with Crippen LogP contribution in [0.25, 0.3) is 0 Å². The molecule has 1 heterocycles. The highest BCUT2D eigenvalue weighted by Gasteiger charge is 2.43. The maximum atomic E-state index is 12.8. The Morgan fingerprint density at radius 1 is 1.17 bits per heavy atom. The van der Waals surface area contributed by atoms with Crippen LogP contribution in [0.15, 0.2) is 48.5 Å². The molecular weight excluding hydrogens is 326 g/mol. The van der Waals surface area contributed by atoms with Crippen LogP contribution in [0.2, 0.25) is 5.02 Å². The molecule has 24 heavy (non-hydrogen) atoms. The lowest BCUT2D eigenvalue weighted by Gasteiger charge is -2.42. The molecule has 0 aliphatic carbocycles. The molecule has 2 amide bonds. The molecule has 0 unspecified atom stereocenters. The van der Waals surface area contributed by atoms with Crippen molar-refractivity contribution in [1.29, 1.82) is 0 Å². The maximum Gasteiger partial charge on any atom is 0.250 e. The fourth-order valence-corrected chi connectivity index (χ4v) is 2.96. The van der Waals surface area contributed by atoms with Gasteiger partial charge in [-0.25, -0.2) is 0 Å². The van der Waals surface area contributed by atoms with E-state index in [0.717, 1.165) is 0 Å². The van der Waals surface area contributed by atoms with Crippen LogP contribution in [0.3, 0.4) is 0 Å². The van der Waals surface area contributed by atoms with Crippen LogP contribution in [0.1, 0.15) is 13.8 Å². The zero-order valence-electron chi connectivity index (χ0n) is 13.5. The van der Waals surface area contributed by atoms with Crippen molar-refractivity contribution in [2.24, 2.45) is 0 Å². The molecule has 124 valence electrons. The molecule has 0 saturated carbocycles. The second kappa shape index (κ2) is 6.17. The van der Waals surface area contributed by atoms with E-state index in [2.05, 4.69) is 10.6 Å². The van der Waals surface area contributed by atoms with Crippen molar-refractivity contribution in [1.82, 2.24) is 0 Å². The molecule has 0 aromatic heterocycles. The van der Waals surface area contributed by atoms with Gasteiger partial charge in [0.05, 0.1) is 28.6 Å². The first-order chi connectivity index (χ1) is 11.4. The first kappa shape index (κ1) is 16.3. The van der Waals surface area contributed by atoms with Gasteiger partial charge in [0.2, 0.25) is 11.8 Å². The number of para-hydroxylation sites is 3. The number of rotatable bonds is 3. The number of nitrogens with zero attached hydrogens (tertiary/aromatic N) is 1. The molecule has 1 aliphatic rings. The number of halogens is 1. The standard InChI is InChI=1S/C18H18ClN3O2/c1-18(2)17(24)21-14-9-5-6-10-15(14)22(18)16(23)11-20-13-8-4-3-7-12(13)19/h3-10,20H,11H2,1-2H3,(H,21,24). The summed E-state index contributed by atoms with van der Waals surface area (Å²) >= 11 is 6.10. The second-order valence-corrected chi connectivity index (χ2v) is 6.50. The molecule has 6 heteroatoms. The van der Waals surface area contributed by atoms with Crippen molar-refractivity contribution in [2.45, 2.75) is 19.4 Å². The van der Waals surface area contributed by atoms with Gasteiger partial charge in [-0.1, -0.05) is 35.9 Å². The number of amides is 2. The smallest absolute Gasteiger partial charge is 0.250 e. The van der Waals surface area contributed by atoms with Gasteiger partial charge in [-0.15, -0.1) is 0 Å². The molecule has 0 radical (unpaired) electrons. The van der Waals surface area contributed by atoms with E-state index in [9.17, 15) is 9.59 Å². The van der Waals surface area contributed by atoms with Crippen molar-refractivity contribution in [3.05, 3.63) is 53.6 Å². The Kier molecular flexibility index (Phi) is 4.20. The lowest BCUT2D eigenvalue weighted by molar-refractivity contribution is -0.125. The summed E-state index contributed by atoms with van der Waals surface area (Å²) in [7, 11) is 0. The average Bonchev–Trinajstić information content (AvgIpc) is 2.55. The van der Waals surface area contributed by atoms with Crippen molar-refractivity contribution >= 4 is 40.5 Å². The Balaban J connectivity index is 1.87. The Labute approximate surface area is 145 Å². The summed E-state index contributed by atoms with van der Waals surface area (Å²) in [4.78, 5) is 26.8. The monoisotopic (exact) mass is 343 g/mol.